The molecule has 0 saturated heterocycles. The first-order valence-electron chi connectivity index (χ1n) is 8.83. The number of amides is 1. The Kier molecular flexibility index (Phi) is 4.93. The van der Waals surface area contributed by atoms with Crippen LogP contribution in [0.3, 0.4) is 0 Å². The lowest BCUT2D eigenvalue weighted by molar-refractivity contribution is -0.155. The summed E-state index contributed by atoms with van der Waals surface area (Å²) >= 11 is 0. The molecule has 0 unspecified atom stereocenters. The number of primary amides is 1. The summed E-state index contributed by atoms with van der Waals surface area (Å²) in [5, 5.41) is 9.76. The Morgan fingerprint density at radius 2 is 1.86 bits per heavy atom. The summed E-state index contributed by atoms with van der Waals surface area (Å²) in [6.07, 6.45) is 1.58. The van der Waals surface area contributed by atoms with E-state index >= 15 is 0 Å². The normalized spacial score (nSPS) is 11.2. The van der Waals surface area contributed by atoms with E-state index < -0.39 is 17.5 Å². The minimum absolute atomic E-state index is 0.0235. The lowest BCUT2D eigenvalue weighted by Crippen LogP contribution is -2.26. The number of hydrogen-bond donors (Lipinski definition) is 1. The molecule has 0 saturated carbocycles. The number of rotatable bonds is 4. The van der Waals surface area contributed by atoms with Gasteiger partial charge in [0.1, 0.15) is 12.1 Å². The van der Waals surface area contributed by atoms with Crippen LogP contribution < -0.4 is 5.73 Å². The molecule has 0 aliphatic carbocycles. The molecular formula is C22H21N3O3. The van der Waals surface area contributed by atoms with Gasteiger partial charge in [0, 0.05) is 17.1 Å². The first kappa shape index (κ1) is 19.2. The first-order valence-corrected chi connectivity index (χ1v) is 8.83. The SMILES string of the molecule is CC(C)(C)OC(=O)Cn1cc(C(N)=O)c2cc(-c3cccc(C#N)c3)ccc21. The Balaban J connectivity index is 2.05. The number of fused-ring (bicyclic) bond motifs is 1. The van der Waals surface area contributed by atoms with Gasteiger partial charge in [-0.05, 0) is 56.2 Å². The van der Waals surface area contributed by atoms with E-state index in [9.17, 15) is 9.59 Å². The van der Waals surface area contributed by atoms with E-state index in [0.29, 0.717) is 22.0 Å². The number of carbonyl (C=O) groups excluding carboxylic acids is 2. The van der Waals surface area contributed by atoms with Gasteiger partial charge in [0.05, 0.1) is 17.2 Å². The molecule has 0 fully saturated rings. The summed E-state index contributed by atoms with van der Waals surface area (Å²) in [7, 11) is 0. The van der Waals surface area contributed by atoms with E-state index in [1.165, 1.54) is 0 Å². The maximum atomic E-state index is 12.2. The molecule has 1 heterocycles. The molecule has 2 aromatic carbocycles. The van der Waals surface area contributed by atoms with E-state index in [4.69, 9.17) is 15.7 Å². The standard InChI is InChI=1S/C22H21N3O3/c1-22(2,3)28-20(26)13-25-12-18(21(24)27)17-10-16(7-8-19(17)25)15-6-4-5-14(9-15)11-23/h4-10,12H,13H2,1-3H3,(H2,24,27). The number of aromatic nitrogens is 1. The highest BCUT2D eigenvalue weighted by Crippen LogP contribution is 2.28. The van der Waals surface area contributed by atoms with Crippen molar-refractivity contribution < 1.29 is 14.3 Å². The van der Waals surface area contributed by atoms with Crippen LogP contribution in [0.2, 0.25) is 0 Å². The van der Waals surface area contributed by atoms with Crippen molar-refractivity contribution >= 4 is 22.8 Å². The average Bonchev–Trinajstić information content (AvgIpc) is 2.98. The van der Waals surface area contributed by atoms with Crippen LogP contribution in [0, 0.1) is 11.3 Å². The van der Waals surface area contributed by atoms with Gasteiger partial charge < -0.3 is 15.0 Å². The van der Waals surface area contributed by atoms with Gasteiger partial charge in [-0.25, -0.2) is 0 Å². The van der Waals surface area contributed by atoms with Gasteiger partial charge in [0.15, 0.2) is 0 Å². The van der Waals surface area contributed by atoms with Crippen molar-refractivity contribution in [2.24, 2.45) is 5.73 Å². The monoisotopic (exact) mass is 375 g/mol. The summed E-state index contributed by atoms with van der Waals surface area (Å²) < 4.78 is 7.04. The minimum Gasteiger partial charge on any atom is -0.459 e. The second kappa shape index (κ2) is 7.20. The molecule has 0 atom stereocenters. The molecule has 0 spiro atoms. The number of nitrogens with zero attached hydrogens (tertiary/aromatic N) is 2. The van der Waals surface area contributed by atoms with Crippen molar-refractivity contribution in [1.29, 1.82) is 5.26 Å². The number of hydrogen-bond acceptors (Lipinski definition) is 4. The van der Waals surface area contributed by atoms with Crippen LogP contribution in [-0.4, -0.2) is 22.0 Å². The second-order valence-electron chi connectivity index (χ2n) is 7.55. The summed E-state index contributed by atoms with van der Waals surface area (Å²) in [5.74, 6) is -0.970. The smallest absolute Gasteiger partial charge is 0.326 e. The van der Waals surface area contributed by atoms with Crippen LogP contribution >= 0.6 is 0 Å². The third-order valence-electron chi connectivity index (χ3n) is 4.19. The van der Waals surface area contributed by atoms with Crippen LogP contribution in [0.5, 0.6) is 0 Å². The van der Waals surface area contributed by atoms with Crippen LogP contribution in [0.15, 0.2) is 48.7 Å². The van der Waals surface area contributed by atoms with Gasteiger partial charge in [0.25, 0.3) is 5.91 Å². The van der Waals surface area contributed by atoms with E-state index in [1.54, 1.807) is 49.7 Å². The van der Waals surface area contributed by atoms with Crippen LogP contribution in [0.4, 0.5) is 0 Å². The number of benzene rings is 2. The summed E-state index contributed by atoms with van der Waals surface area (Å²) in [6.45, 7) is 5.38. The quantitative estimate of drug-likeness (QED) is 0.704. The fraction of sp³-hybridized carbons (Fsp3) is 0.227. The molecule has 0 aliphatic heterocycles. The highest BCUT2D eigenvalue weighted by molar-refractivity contribution is 6.07. The largest absolute Gasteiger partial charge is 0.459 e. The van der Waals surface area contributed by atoms with Crippen LogP contribution in [0.25, 0.3) is 22.0 Å². The molecule has 3 rings (SSSR count). The zero-order valence-corrected chi connectivity index (χ0v) is 16.0. The maximum Gasteiger partial charge on any atom is 0.326 e. The van der Waals surface area contributed by atoms with Crippen molar-refractivity contribution in [3.05, 3.63) is 59.8 Å². The van der Waals surface area contributed by atoms with E-state index in [-0.39, 0.29) is 6.54 Å². The fourth-order valence-electron chi connectivity index (χ4n) is 3.09. The molecule has 28 heavy (non-hydrogen) atoms. The fourth-order valence-corrected chi connectivity index (χ4v) is 3.09. The summed E-state index contributed by atoms with van der Waals surface area (Å²) in [6, 6.07) is 14.9. The van der Waals surface area contributed by atoms with Gasteiger partial charge in [0.2, 0.25) is 0 Å². The summed E-state index contributed by atoms with van der Waals surface area (Å²) in [4.78, 5) is 24.2. The van der Waals surface area contributed by atoms with E-state index in [1.807, 2.05) is 24.3 Å². The molecule has 2 N–H and O–H groups in total. The topological polar surface area (TPSA) is 98.1 Å². The lowest BCUT2D eigenvalue weighted by Gasteiger charge is -2.19. The number of carbonyl (C=O) groups is 2. The van der Waals surface area contributed by atoms with Crippen molar-refractivity contribution in [2.45, 2.75) is 32.9 Å². The van der Waals surface area contributed by atoms with Crippen molar-refractivity contribution in [1.82, 2.24) is 4.57 Å². The zero-order chi connectivity index (χ0) is 20.5. The maximum absolute atomic E-state index is 12.2. The molecule has 0 radical (unpaired) electrons. The Labute approximate surface area is 163 Å². The summed E-state index contributed by atoms with van der Waals surface area (Å²) in [5.41, 5.74) is 8.25. The van der Waals surface area contributed by atoms with Gasteiger partial charge in [-0.1, -0.05) is 18.2 Å². The van der Waals surface area contributed by atoms with Crippen LogP contribution in [0.1, 0.15) is 36.7 Å². The van der Waals surface area contributed by atoms with Crippen LogP contribution in [-0.2, 0) is 16.1 Å². The Bertz CT molecular complexity index is 1110. The molecular weight excluding hydrogens is 354 g/mol. The number of nitriles is 1. The number of nitrogens with two attached hydrogens (primary N) is 1. The van der Waals surface area contributed by atoms with E-state index in [0.717, 1.165) is 11.1 Å². The highest BCUT2D eigenvalue weighted by Gasteiger charge is 2.19. The highest BCUT2D eigenvalue weighted by atomic mass is 16.6. The molecule has 1 amide bonds. The third kappa shape index (κ3) is 4.04. The van der Waals surface area contributed by atoms with Gasteiger partial charge in [-0.3, -0.25) is 9.59 Å². The number of ether oxygens (including phenoxy) is 1. The molecule has 1 aromatic heterocycles. The molecule has 6 heteroatoms. The predicted octanol–water partition coefficient (Wildman–Crippen LogP) is 3.62. The van der Waals surface area contributed by atoms with Crippen molar-refractivity contribution in [3.63, 3.8) is 0 Å². The Hall–Kier alpha value is -3.59. The van der Waals surface area contributed by atoms with Gasteiger partial charge in [-0.15, -0.1) is 0 Å². The number of esters is 1. The van der Waals surface area contributed by atoms with Crippen molar-refractivity contribution in [2.75, 3.05) is 0 Å². The predicted molar refractivity (Wildman–Crippen MR) is 106 cm³/mol. The van der Waals surface area contributed by atoms with Gasteiger partial charge >= 0.3 is 5.97 Å². The Morgan fingerprint density at radius 1 is 1.14 bits per heavy atom. The van der Waals surface area contributed by atoms with Gasteiger partial charge in [-0.2, -0.15) is 5.26 Å². The molecule has 0 aliphatic rings. The molecule has 3 aromatic rings. The lowest BCUT2D eigenvalue weighted by atomic mass is 10.0. The Morgan fingerprint density at radius 3 is 2.50 bits per heavy atom. The third-order valence-corrected chi connectivity index (χ3v) is 4.19. The van der Waals surface area contributed by atoms with E-state index in [2.05, 4.69) is 6.07 Å². The van der Waals surface area contributed by atoms with Crippen molar-refractivity contribution in [3.8, 4) is 17.2 Å². The molecule has 0 bridgehead atoms. The first-order chi connectivity index (χ1) is 13.2. The molecule has 6 nitrogen and oxygen atoms in total. The zero-order valence-electron chi connectivity index (χ0n) is 16.0. The average molecular weight is 375 g/mol. The second-order valence-corrected chi connectivity index (χ2v) is 7.55. The molecule has 142 valence electrons. The minimum atomic E-state index is -0.592.